The van der Waals surface area contributed by atoms with Gasteiger partial charge in [0.05, 0.1) is 0 Å². The van der Waals surface area contributed by atoms with Gasteiger partial charge in [0, 0.05) is 30.1 Å². The van der Waals surface area contributed by atoms with E-state index < -0.39 is 0 Å². The van der Waals surface area contributed by atoms with E-state index in [2.05, 4.69) is 18.0 Å². The summed E-state index contributed by atoms with van der Waals surface area (Å²) in [6.07, 6.45) is 1.24. The number of nitrogens with zero attached hydrogens (tertiary/aromatic N) is 1. The standard InChI is InChI=1S/C12H16N2S2/c1-14(9-6-7-16-8-9)11-5-3-2-4-10(11)12(13)15/h2-5,9H,6-8H2,1H3,(H2,13,15). The predicted molar refractivity (Wildman–Crippen MR) is 76.5 cm³/mol. The Labute approximate surface area is 106 Å². The summed E-state index contributed by atoms with van der Waals surface area (Å²) in [6.45, 7) is 0. The van der Waals surface area contributed by atoms with E-state index in [-0.39, 0.29) is 0 Å². The molecule has 2 nitrogen and oxygen atoms in total. The van der Waals surface area contributed by atoms with Gasteiger partial charge in [-0.3, -0.25) is 0 Å². The third-order valence-corrected chi connectivity index (χ3v) is 4.37. The largest absolute Gasteiger partial charge is 0.389 e. The summed E-state index contributed by atoms with van der Waals surface area (Å²) in [5.41, 5.74) is 7.89. The number of para-hydroxylation sites is 1. The molecule has 1 unspecified atom stereocenters. The molecule has 1 aliphatic heterocycles. The quantitative estimate of drug-likeness (QED) is 0.836. The zero-order valence-electron chi connectivity index (χ0n) is 9.35. The van der Waals surface area contributed by atoms with Crippen molar-refractivity contribution in [3.05, 3.63) is 29.8 Å². The van der Waals surface area contributed by atoms with Gasteiger partial charge in [-0.2, -0.15) is 11.8 Å². The van der Waals surface area contributed by atoms with Crippen molar-refractivity contribution >= 4 is 34.7 Å². The highest BCUT2D eigenvalue weighted by molar-refractivity contribution is 7.99. The number of anilines is 1. The zero-order chi connectivity index (χ0) is 11.5. The van der Waals surface area contributed by atoms with Crippen LogP contribution in [0.15, 0.2) is 24.3 Å². The molecule has 0 aliphatic carbocycles. The molecule has 16 heavy (non-hydrogen) atoms. The van der Waals surface area contributed by atoms with Crippen molar-refractivity contribution < 1.29 is 0 Å². The molecule has 4 heteroatoms. The Balaban J connectivity index is 2.27. The van der Waals surface area contributed by atoms with Gasteiger partial charge in [-0.05, 0) is 24.3 Å². The summed E-state index contributed by atoms with van der Waals surface area (Å²) in [6, 6.07) is 8.72. The van der Waals surface area contributed by atoms with E-state index in [1.807, 2.05) is 30.0 Å². The van der Waals surface area contributed by atoms with Crippen LogP contribution in [0.25, 0.3) is 0 Å². The van der Waals surface area contributed by atoms with E-state index in [9.17, 15) is 0 Å². The average molecular weight is 252 g/mol. The van der Waals surface area contributed by atoms with E-state index >= 15 is 0 Å². The molecule has 0 amide bonds. The molecule has 86 valence electrons. The van der Waals surface area contributed by atoms with Gasteiger partial charge in [-0.1, -0.05) is 24.4 Å². The molecule has 0 spiro atoms. The third-order valence-electron chi connectivity index (χ3n) is 3.00. The molecular weight excluding hydrogens is 236 g/mol. The number of hydrogen-bond donors (Lipinski definition) is 1. The second-order valence-corrected chi connectivity index (χ2v) is 5.60. The SMILES string of the molecule is CN(c1ccccc1C(N)=S)C1CCSC1. The van der Waals surface area contributed by atoms with Crippen LogP contribution in [-0.4, -0.2) is 29.6 Å². The van der Waals surface area contributed by atoms with Gasteiger partial charge in [-0.25, -0.2) is 0 Å². The number of hydrogen-bond acceptors (Lipinski definition) is 3. The highest BCUT2D eigenvalue weighted by Crippen LogP contribution is 2.28. The normalized spacial score (nSPS) is 19.7. The van der Waals surface area contributed by atoms with Gasteiger partial charge in [0.2, 0.25) is 0 Å². The first-order chi connectivity index (χ1) is 7.70. The molecule has 2 rings (SSSR count). The van der Waals surface area contributed by atoms with Crippen molar-refractivity contribution in [2.24, 2.45) is 5.73 Å². The molecule has 1 saturated heterocycles. The molecule has 1 aromatic rings. The third kappa shape index (κ3) is 2.33. The molecule has 0 radical (unpaired) electrons. The van der Waals surface area contributed by atoms with Gasteiger partial charge >= 0.3 is 0 Å². The highest BCUT2D eigenvalue weighted by atomic mass is 32.2. The van der Waals surface area contributed by atoms with Crippen LogP contribution >= 0.6 is 24.0 Å². The minimum absolute atomic E-state index is 0.480. The Morgan fingerprint density at radius 2 is 2.25 bits per heavy atom. The van der Waals surface area contributed by atoms with Gasteiger partial charge in [-0.15, -0.1) is 0 Å². The number of thioether (sulfide) groups is 1. The van der Waals surface area contributed by atoms with Crippen LogP contribution < -0.4 is 10.6 Å². The van der Waals surface area contributed by atoms with Crippen molar-refractivity contribution in [2.75, 3.05) is 23.5 Å². The highest BCUT2D eigenvalue weighted by Gasteiger charge is 2.22. The Morgan fingerprint density at radius 1 is 1.50 bits per heavy atom. The minimum atomic E-state index is 0.480. The van der Waals surface area contributed by atoms with E-state index in [0.717, 1.165) is 11.3 Å². The summed E-state index contributed by atoms with van der Waals surface area (Å²) < 4.78 is 0. The van der Waals surface area contributed by atoms with Gasteiger partial charge in [0.25, 0.3) is 0 Å². The predicted octanol–water partition coefficient (Wildman–Crippen LogP) is 2.26. The van der Waals surface area contributed by atoms with Crippen molar-refractivity contribution in [1.29, 1.82) is 0 Å². The van der Waals surface area contributed by atoms with Crippen LogP contribution in [0, 0.1) is 0 Å². The van der Waals surface area contributed by atoms with Gasteiger partial charge in [0.1, 0.15) is 4.99 Å². The first-order valence-electron chi connectivity index (χ1n) is 5.39. The Bertz CT molecular complexity index is 386. The van der Waals surface area contributed by atoms with Crippen molar-refractivity contribution in [3.8, 4) is 0 Å². The van der Waals surface area contributed by atoms with Crippen LogP contribution in [0.4, 0.5) is 5.69 Å². The molecule has 1 aliphatic rings. The molecule has 0 saturated carbocycles. The van der Waals surface area contributed by atoms with Crippen LogP contribution in [0.1, 0.15) is 12.0 Å². The fourth-order valence-corrected chi connectivity index (χ4v) is 3.45. The maximum absolute atomic E-state index is 5.75. The minimum Gasteiger partial charge on any atom is -0.389 e. The van der Waals surface area contributed by atoms with Crippen molar-refractivity contribution in [2.45, 2.75) is 12.5 Å². The van der Waals surface area contributed by atoms with Gasteiger partial charge in [0.15, 0.2) is 0 Å². The van der Waals surface area contributed by atoms with Crippen LogP contribution in [0.2, 0.25) is 0 Å². The lowest BCUT2D eigenvalue weighted by Gasteiger charge is -2.27. The van der Waals surface area contributed by atoms with E-state index in [1.165, 1.54) is 17.9 Å². The first kappa shape index (κ1) is 11.7. The fraction of sp³-hybridized carbons (Fsp3) is 0.417. The van der Waals surface area contributed by atoms with Crippen LogP contribution in [0.3, 0.4) is 0 Å². The maximum atomic E-state index is 5.75. The second-order valence-electron chi connectivity index (χ2n) is 4.01. The van der Waals surface area contributed by atoms with Crippen LogP contribution in [0.5, 0.6) is 0 Å². The summed E-state index contributed by atoms with van der Waals surface area (Å²) >= 11 is 7.10. The molecule has 1 fully saturated rings. The van der Waals surface area contributed by atoms with E-state index in [1.54, 1.807) is 0 Å². The lowest BCUT2D eigenvalue weighted by molar-refractivity contribution is 0.700. The first-order valence-corrected chi connectivity index (χ1v) is 6.96. The van der Waals surface area contributed by atoms with Crippen LogP contribution in [-0.2, 0) is 0 Å². The summed E-state index contributed by atoms with van der Waals surface area (Å²) in [7, 11) is 2.13. The number of thiocarbonyl (C=S) groups is 1. The lowest BCUT2D eigenvalue weighted by Crippen LogP contribution is -2.32. The van der Waals surface area contributed by atoms with E-state index in [4.69, 9.17) is 18.0 Å². The van der Waals surface area contributed by atoms with Crippen molar-refractivity contribution in [3.63, 3.8) is 0 Å². The Morgan fingerprint density at radius 3 is 2.88 bits per heavy atom. The summed E-state index contributed by atoms with van der Waals surface area (Å²) in [5.74, 6) is 2.45. The molecular formula is C12H16N2S2. The monoisotopic (exact) mass is 252 g/mol. The molecule has 1 heterocycles. The second kappa shape index (κ2) is 5.06. The number of rotatable bonds is 3. The maximum Gasteiger partial charge on any atom is 0.106 e. The Hall–Kier alpha value is -0.740. The van der Waals surface area contributed by atoms with Crippen molar-refractivity contribution in [1.82, 2.24) is 0 Å². The molecule has 2 N–H and O–H groups in total. The Kier molecular flexibility index (Phi) is 3.71. The molecule has 0 aromatic heterocycles. The zero-order valence-corrected chi connectivity index (χ0v) is 11.0. The fourth-order valence-electron chi connectivity index (χ4n) is 2.01. The van der Waals surface area contributed by atoms with E-state index in [0.29, 0.717) is 11.0 Å². The lowest BCUT2D eigenvalue weighted by atomic mass is 10.1. The number of benzene rings is 1. The molecule has 0 bridgehead atoms. The topological polar surface area (TPSA) is 29.3 Å². The van der Waals surface area contributed by atoms with Gasteiger partial charge < -0.3 is 10.6 Å². The molecule has 1 aromatic carbocycles. The summed E-state index contributed by atoms with van der Waals surface area (Å²) in [4.78, 5) is 2.79. The smallest absolute Gasteiger partial charge is 0.106 e. The molecule has 1 atom stereocenters. The average Bonchev–Trinajstić information content (AvgIpc) is 2.81. The summed E-state index contributed by atoms with van der Waals surface area (Å²) in [5, 5.41) is 0. The number of nitrogens with two attached hydrogens (primary N) is 1.